The van der Waals surface area contributed by atoms with Gasteiger partial charge in [-0.05, 0) is 22.9 Å². The number of benzene rings is 2. The summed E-state index contributed by atoms with van der Waals surface area (Å²) in [6, 6.07) is 18.2. The lowest BCUT2D eigenvalue weighted by Gasteiger charge is -2.02. The molecule has 0 atom stereocenters. The van der Waals surface area contributed by atoms with Gasteiger partial charge in [0.2, 0.25) is 0 Å². The second-order valence-electron chi connectivity index (χ2n) is 4.17. The molecule has 0 fully saturated rings. The summed E-state index contributed by atoms with van der Waals surface area (Å²) in [4.78, 5) is 3.96. The quantitative estimate of drug-likeness (QED) is 0.566. The maximum Gasteiger partial charge on any atom is 0.0592 e. The van der Waals surface area contributed by atoms with Crippen LogP contribution in [0.2, 0.25) is 0 Å². The van der Waals surface area contributed by atoms with Crippen LogP contribution >= 0.6 is 0 Å². The number of hydrazone groups is 1. The largest absolute Gasteiger partial charge is 0.278 e. The fraction of sp³-hybridized carbons (Fsp3) is 0. The highest BCUT2D eigenvalue weighted by Gasteiger charge is 1.96. The van der Waals surface area contributed by atoms with Gasteiger partial charge in [-0.3, -0.25) is 10.4 Å². The topological polar surface area (TPSA) is 37.3 Å². The van der Waals surface area contributed by atoms with Crippen LogP contribution < -0.4 is 5.43 Å². The summed E-state index contributed by atoms with van der Waals surface area (Å²) in [5.74, 6) is 0. The minimum atomic E-state index is 0.923. The van der Waals surface area contributed by atoms with Crippen molar-refractivity contribution < 1.29 is 0 Å². The Morgan fingerprint density at radius 2 is 1.68 bits per heavy atom. The second-order valence-corrected chi connectivity index (χ2v) is 4.17. The van der Waals surface area contributed by atoms with Crippen molar-refractivity contribution in [1.82, 2.24) is 4.98 Å². The smallest absolute Gasteiger partial charge is 0.0592 e. The van der Waals surface area contributed by atoms with Gasteiger partial charge in [-0.2, -0.15) is 5.10 Å². The first kappa shape index (κ1) is 11.4. The number of anilines is 1. The Morgan fingerprint density at radius 1 is 0.895 bits per heavy atom. The van der Waals surface area contributed by atoms with Gasteiger partial charge in [0.1, 0.15) is 0 Å². The molecule has 19 heavy (non-hydrogen) atoms. The summed E-state index contributed by atoms with van der Waals surface area (Å²) in [5, 5.41) is 6.68. The van der Waals surface area contributed by atoms with Gasteiger partial charge in [-0.25, -0.2) is 0 Å². The first-order valence-electron chi connectivity index (χ1n) is 6.10. The first-order valence-corrected chi connectivity index (χ1v) is 6.10. The summed E-state index contributed by atoms with van der Waals surface area (Å²) < 4.78 is 0. The van der Waals surface area contributed by atoms with E-state index in [4.69, 9.17) is 0 Å². The molecule has 3 heteroatoms. The van der Waals surface area contributed by atoms with Gasteiger partial charge in [0.15, 0.2) is 0 Å². The molecule has 1 N–H and O–H groups in total. The molecule has 1 aromatic heterocycles. The van der Waals surface area contributed by atoms with Crippen LogP contribution in [0.15, 0.2) is 72.1 Å². The lowest BCUT2D eigenvalue weighted by Crippen LogP contribution is -1.91. The molecule has 0 aliphatic heterocycles. The Labute approximate surface area is 111 Å². The summed E-state index contributed by atoms with van der Waals surface area (Å²) in [5.41, 5.74) is 5.01. The molecule has 2 aromatic carbocycles. The van der Waals surface area contributed by atoms with E-state index in [1.165, 1.54) is 10.8 Å². The van der Waals surface area contributed by atoms with Gasteiger partial charge in [0, 0.05) is 18.0 Å². The molecule has 0 bridgehead atoms. The zero-order valence-electron chi connectivity index (χ0n) is 10.3. The van der Waals surface area contributed by atoms with E-state index in [1.807, 2.05) is 36.5 Å². The molecule has 0 saturated carbocycles. The molecule has 0 saturated heterocycles. The van der Waals surface area contributed by atoms with E-state index >= 15 is 0 Å². The number of hydrogen-bond acceptors (Lipinski definition) is 3. The van der Waals surface area contributed by atoms with Crippen LogP contribution in [0.4, 0.5) is 5.69 Å². The zero-order chi connectivity index (χ0) is 12.9. The molecule has 3 nitrogen and oxygen atoms in total. The highest BCUT2D eigenvalue weighted by Crippen LogP contribution is 2.16. The summed E-state index contributed by atoms with van der Waals surface area (Å²) in [7, 11) is 0. The second kappa shape index (κ2) is 5.31. The maximum absolute atomic E-state index is 4.26. The molecule has 0 unspecified atom stereocenters. The average Bonchev–Trinajstić information content (AvgIpc) is 2.49. The van der Waals surface area contributed by atoms with Crippen molar-refractivity contribution >= 4 is 22.7 Å². The Bertz CT molecular complexity index is 700. The standard InChI is InChI=1S/C16H13N3/c1-2-7-16-13(4-1)5-3-6-14(16)12-18-19-15-8-10-17-11-9-15/h1-12H,(H,17,19)/b18-12+. The van der Waals surface area contributed by atoms with Gasteiger partial charge in [-0.15, -0.1) is 0 Å². The van der Waals surface area contributed by atoms with Crippen molar-refractivity contribution in [1.29, 1.82) is 0 Å². The monoisotopic (exact) mass is 247 g/mol. The Balaban J connectivity index is 1.85. The first-order chi connectivity index (χ1) is 9.43. The Hall–Kier alpha value is -2.68. The third-order valence-electron chi connectivity index (χ3n) is 2.90. The average molecular weight is 247 g/mol. The van der Waals surface area contributed by atoms with Crippen LogP contribution in [0.3, 0.4) is 0 Å². The number of pyridine rings is 1. The molecule has 3 rings (SSSR count). The lowest BCUT2D eigenvalue weighted by atomic mass is 10.1. The molecule has 0 aliphatic carbocycles. The van der Waals surface area contributed by atoms with Crippen LogP contribution in [0.1, 0.15) is 5.56 Å². The minimum Gasteiger partial charge on any atom is -0.278 e. The van der Waals surface area contributed by atoms with Gasteiger partial charge in [-0.1, -0.05) is 42.5 Å². The summed E-state index contributed by atoms with van der Waals surface area (Å²) in [6.45, 7) is 0. The van der Waals surface area contributed by atoms with Gasteiger partial charge in [0.05, 0.1) is 11.9 Å². The fourth-order valence-corrected chi connectivity index (χ4v) is 1.97. The molecule has 0 amide bonds. The molecule has 0 spiro atoms. The molecule has 0 radical (unpaired) electrons. The zero-order valence-corrected chi connectivity index (χ0v) is 10.3. The van der Waals surface area contributed by atoms with Crippen molar-refractivity contribution in [3.63, 3.8) is 0 Å². The molecule has 1 heterocycles. The van der Waals surface area contributed by atoms with E-state index in [1.54, 1.807) is 12.4 Å². The Kier molecular flexibility index (Phi) is 3.19. The van der Waals surface area contributed by atoms with Crippen molar-refractivity contribution in [2.24, 2.45) is 5.10 Å². The van der Waals surface area contributed by atoms with Crippen LogP contribution in [0.25, 0.3) is 10.8 Å². The Morgan fingerprint density at radius 3 is 2.58 bits per heavy atom. The van der Waals surface area contributed by atoms with E-state index in [9.17, 15) is 0 Å². The van der Waals surface area contributed by atoms with Crippen molar-refractivity contribution in [3.05, 3.63) is 72.6 Å². The van der Waals surface area contributed by atoms with E-state index in [-0.39, 0.29) is 0 Å². The van der Waals surface area contributed by atoms with Crippen LogP contribution in [-0.2, 0) is 0 Å². The van der Waals surface area contributed by atoms with E-state index in [0.717, 1.165) is 11.3 Å². The number of nitrogens with zero attached hydrogens (tertiary/aromatic N) is 2. The predicted octanol–water partition coefficient (Wildman–Crippen LogP) is 3.68. The number of rotatable bonds is 3. The third-order valence-corrected chi connectivity index (χ3v) is 2.90. The lowest BCUT2D eigenvalue weighted by molar-refractivity contribution is 1.28. The van der Waals surface area contributed by atoms with E-state index in [0.29, 0.717) is 0 Å². The minimum absolute atomic E-state index is 0.923. The fourth-order valence-electron chi connectivity index (χ4n) is 1.97. The molecule has 0 aliphatic rings. The van der Waals surface area contributed by atoms with Crippen LogP contribution in [-0.4, -0.2) is 11.2 Å². The highest BCUT2D eigenvalue weighted by molar-refractivity contribution is 5.99. The number of fused-ring (bicyclic) bond motifs is 1. The predicted molar refractivity (Wildman–Crippen MR) is 79.4 cm³/mol. The SMILES string of the molecule is C(=N\Nc1ccncc1)/c1cccc2ccccc12. The van der Waals surface area contributed by atoms with Gasteiger partial charge >= 0.3 is 0 Å². The van der Waals surface area contributed by atoms with Gasteiger partial charge in [0.25, 0.3) is 0 Å². The number of hydrogen-bond donors (Lipinski definition) is 1. The molecule has 3 aromatic rings. The van der Waals surface area contributed by atoms with Crippen molar-refractivity contribution in [2.75, 3.05) is 5.43 Å². The van der Waals surface area contributed by atoms with Gasteiger partial charge < -0.3 is 0 Å². The molecular formula is C16H13N3. The summed E-state index contributed by atoms with van der Waals surface area (Å²) >= 11 is 0. The summed E-state index contributed by atoms with van der Waals surface area (Å²) in [6.07, 6.45) is 5.30. The van der Waals surface area contributed by atoms with Crippen LogP contribution in [0.5, 0.6) is 0 Å². The van der Waals surface area contributed by atoms with Crippen LogP contribution in [0, 0.1) is 0 Å². The maximum atomic E-state index is 4.26. The van der Waals surface area contributed by atoms with Crippen molar-refractivity contribution in [2.45, 2.75) is 0 Å². The molecule has 92 valence electrons. The molecular weight excluding hydrogens is 234 g/mol. The van der Waals surface area contributed by atoms with E-state index in [2.05, 4.69) is 39.8 Å². The third kappa shape index (κ3) is 2.60. The number of nitrogens with one attached hydrogen (secondary N) is 1. The van der Waals surface area contributed by atoms with E-state index < -0.39 is 0 Å². The highest BCUT2D eigenvalue weighted by atomic mass is 15.3. The number of aromatic nitrogens is 1. The van der Waals surface area contributed by atoms with Crippen molar-refractivity contribution in [3.8, 4) is 0 Å². The normalized spacial score (nSPS) is 10.9.